The van der Waals surface area contributed by atoms with Gasteiger partial charge in [0.1, 0.15) is 11.6 Å². The minimum absolute atomic E-state index is 0.0620. The zero-order valence-electron chi connectivity index (χ0n) is 16.3. The average Bonchev–Trinajstić information content (AvgIpc) is 2.68. The van der Waals surface area contributed by atoms with Crippen LogP contribution in [0.4, 0.5) is 20.7 Å². The van der Waals surface area contributed by atoms with Crippen LogP contribution in [0.25, 0.3) is 0 Å². The Balaban J connectivity index is 1.31. The van der Waals surface area contributed by atoms with E-state index in [2.05, 4.69) is 15.2 Å². The lowest BCUT2D eigenvalue weighted by Gasteiger charge is -2.38. The number of pyridine rings is 1. The van der Waals surface area contributed by atoms with E-state index in [1.807, 2.05) is 4.90 Å². The van der Waals surface area contributed by atoms with Crippen molar-refractivity contribution in [3.8, 4) is 11.5 Å². The first-order chi connectivity index (χ1) is 14.1. The highest BCUT2D eigenvalue weighted by molar-refractivity contribution is 5.88. The summed E-state index contributed by atoms with van der Waals surface area (Å²) in [6.07, 6.45) is 4.87. The van der Waals surface area contributed by atoms with Gasteiger partial charge in [0, 0.05) is 43.7 Å². The Morgan fingerprint density at radius 2 is 2.00 bits per heavy atom. The second-order valence-corrected chi connectivity index (χ2v) is 7.68. The van der Waals surface area contributed by atoms with Crippen LogP contribution < -0.4 is 15.8 Å². The summed E-state index contributed by atoms with van der Waals surface area (Å²) in [4.78, 5) is 21.0. The van der Waals surface area contributed by atoms with Gasteiger partial charge in [-0.05, 0) is 56.5 Å². The number of anilines is 2. The van der Waals surface area contributed by atoms with E-state index < -0.39 is 5.82 Å². The minimum atomic E-state index is -0.548. The number of hydrogen-bond acceptors (Lipinski definition) is 5. The molecule has 7 nitrogen and oxygen atoms in total. The van der Waals surface area contributed by atoms with E-state index in [0.29, 0.717) is 23.2 Å². The zero-order valence-corrected chi connectivity index (χ0v) is 16.3. The van der Waals surface area contributed by atoms with Crippen LogP contribution >= 0.6 is 0 Å². The number of hydrogen-bond donors (Lipinski definition) is 2. The Morgan fingerprint density at radius 1 is 1.21 bits per heavy atom. The van der Waals surface area contributed by atoms with Gasteiger partial charge in [-0.1, -0.05) is 0 Å². The summed E-state index contributed by atoms with van der Waals surface area (Å²) in [7, 11) is 0. The van der Waals surface area contributed by atoms with Crippen molar-refractivity contribution in [2.45, 2.75) is 19.3 Å². The Labute approximate surface area is 169 Å². The van der Waals surface area contributed by atoms with Gasteiger partial charge in [-0.3, -0.25) is 5.32 Å². The molecule has 2 saturated heterocycles. The molecule has 8 heteroatoms. The number of urea groups is 1. The van der Waals surface area contributed by atoms with Gasteiger partial charge >= 0.3 is 6.03 Å². The first-order valence-corrected chi connectivity index (χ1v) is 10.0. The minimum Gasteiger partial charge on any atom is -0.454 e. The SMILES string of the molecule is Nc1ccc(Oc2ccnc(NC(=O)N3CCC(CN4CCC4)CC3)c2)c(F)c1. The molecule has 2 aliphatic heterocycles. The summed E-state index contributed by atoms with van der Waals surface area (Å²) < 4.78 is 19.5. The third kappa shape index (κ3) is 4.95. The molecular formula is C21H26FN5O2. The Bertz CT molecular complexity index is 866. The highest BCUT2D eigenvalue weighted by atomic mass is 19.1. The second kappa shape index (κ2) is 8.65. The van der Waals surface area contributed by atoms with Crippen LogP contribution in [0.2, 0.25) is 0 Å². The maximum absolute atomic E-state index is 13.9. The fourth-order valence-corrected chi connectivity index (χ4v) is 3.71. The molecule has 2 aliphatic rings. The smallest absolute Gasteiger partial charge is 0.323 e. The van der Waals surface area contributed by atoms with E-state index in [4.69, 9.17) is 10.5 Å². The summed E-state index contributed by atoms with van der Waals surface area (Å²) in [5.74, 6) is 0.933. The highest BCUT2D eigenvalue weighted by Gasteiger charge is 2.26. The first kappa shape index (κ1) is 19.4. The van der Waals surface area contributed by atoms with E-state index in [9.17, 15) is 9.18 Å². The van der Waals surface area contributed by atoms with Gasteiger partial charge in [0.25, 0.3) is 0 Å². The van der Waals surface area contributed by atoms with Gasteiger partial charge in [0.15, 0.2) is 11.6 Å². The number of piperidine rings is 1. The van der Waals surface area contributed by atoms with E-state index in [1.54, 1.807) is 18.2 Å². The molecule has 0 unspecified atom stereocenters. The van der Waals surface area contributed by atoms with Crippen LogP contribution in [0.5, 0.6) is 11.5 Å². The summed E-state index contributed by atoms with van der Waals surface area (Å²) in [6, 6.07) is 7.24. The number of rotatable bonds is 5. The molecule has 2 fully saturated rings. The van der Waals surface area contributed by atoms with Crippen molar-refractivity contribution in [1.29, 1.82) is 0 Å². The summed E-state index contributed by atoms with van der Waals surface area (Å²) in [6.45, 7) is 5.07. The molecule has 29 heavy (non-hydrogen) atoms. The Hall–Kier alpha value is -2.87. The summed E-state index contributed by atoms with van der Waals surface area (Å²) in [5, 5.41) is 2.81. The maximum atomic E-state index is 13.9. The number of carbonyl (C=O) groups excluding carboxylic acids is 1. The first-order valence-electron chi connectivity index (χ1n) is 10.0. The van der Waals surface area contributed by atoms with Crippen LogP contribution in [0.3, 0.4) is 0 Å². The van der Waals surface area contributed by atoms with Gasteiger partial charge < -0.3 is 20.3 Å². The maximum Gasteiger partial charge on any atom is 0.323 e. The molecule has 0 atom stereocenters. The Morgan fingerprint density at radius 3 is 2.69 bits per heavy atom. The highest BCUT2D eigenvalue weighted by Crippen LogP contribution is 2.27. The van der Waals surface area contributed by atoms with Crippen molar-refractivity contribution in [3.05, 3.63) is 42.3 Å². The number of nitrogens with one attached hydrogen (secondary N) is 1. The van der Waals surface area contributed by atoms with E-state index in [-0.39, 0.29) is 11.8 Å². The second-order valence-electron chi connectivity index (χ2n) is 7.68. The van der Waals surface area contributed by atoms with Gasteiger partial charge in [0.05, 0.1) is 0 Å². The van der Waals surface area contributed by atoms with E-state index >= 15 is 0 Å². The molecule has 0 spiro atoms. The zero-order chi connectivity index (χ0) is 20.2. The van der Waals surface area contributed by atoms with Gasteiger partial charge in [0.2, 0.25) is 0 Å². The van der Waals surface area contributed by atoms with Crippen LogP contribution in [0, 0.1) is 11.7 Å². The third-order valence-electron chi connectivity index (χ3n) is 5.52. The molecule has 154 valence electrons. The molecule has 2 aromatic rings. The molecule has 0 bridgehead atoms. The topological polar surface area (TPSA) is 83.7 Å². The quantitative estimate of drug-likeness (QED) is 0.752. The summed E-state index contributed by atoms with van der Waals surface area (Å²) in [5.41, 5.74) is 5.88. The number of benzene rings is 1. The predicted octanol–water partition coefficient (Wildman–Crippen LogP) is 3.54. The number of carbonyl (C=O) groups is 1. The van der Waals surface area contributed by atoms with Crippen molar-refractivity contribution in [1.82, 2.24) is 14.8 Å². The van der Waals surface area contributed by atoms with Gasteiger partial charge in [-0.15, -0.1) is 0 Å². The van der Waals surface area contributed by atoms with Crippen molar-refractivity contribution in [2.75, 3.05) is 43.8 Å². The van der Waals surface area contributed by atoms with Gasteiger partial charge in [-0.25, -0.2) is 14.2 Å². The molecule has 4 rings (SSSR count). The lowest BCUT2D eigenvalue weighted by Crippen LogP contribution is -2.46. The fraction of sp³-hybridized carbons (Fsp3) is 0.429. The van der Waals surface area contributed by atoms with E-state index in [0.717, 1.165) is 32.5 Å². The van der Waals surface area contributed by atoms with Crippen molar-refractivity contribution in [2.24, 2.45) is 5.92 Å². The van der Waals surface area contributed by atoms with Crippen molar-refractivity contribution >= 4 is 17.5 Å². The van der Waals surface area contributed by atoms with Crippen molar-refractivity contribution < 1.29 is 13.9 Å². The molecule has 1 aromatic carbocycles. The molecule has 2 amide bonds. The average molecular weight is 399 g/mol. The van der Waals surface area contributed by atoms with E-state index in [1.165, 1.54) is 37.8 Å². The third-order valence-corrected chi connectivity index (χ3v) is 5.52. The number of aromatic nitrogens is 1. The lowest BCUT2D eigenvalue weighted by atomic mass is 9.95. The molecule has 0 aliphatic carbocycles. The molecule has 0 radical (unpaired) electrons. The van der Waals surface area contributed by atoms with Crippen LogP contribution in [0.15, 0.2) is 36.5 Å². The van der Waals surface area contributed by atoms with Crippen LogP contribution in [-0.2, 0) is 0 Å². The summed E-state index contributed by atoms with van der Waals surface area (Å²) >= 11 is 0. The number of halogens is 1. The number of nitrogens with two attached hydrogens (primary N) is 1. The number of likely N-dealkylation sites (tertiary alicyclic amines) is 2. The standard InChI is InChI=1S/C21H26FN5O2/c22-18-12-16(23)2-3-19(18)29-17-4-7-24-20(13-17)25-21(28)27-10-5-15(6-11-27)14-26-8-1-9-26/h2-4,7,12-13,15H,1,5-6,8-11,14,23H2,(H,24,25,28). The van der Waals surface area contributed by atoms with Gasteiger partial charge in [-0.2, -0.15) is 0 Å². The normalized spacial score (nSPS) is 17.6. The molecule has 3 N–H and O–H groups in total. The number of nitrogen functional groups attached to an aromatic ring is 1. The molecule has 3 heterocycles. The van der Waals surface area contributed by atoms with Crippen LogP contribution in [0.1, 0.15) is 19.3 Å². The predicted molar refractivity (Wildman–Crippen MR) is 109 cm³/mol. The lowest BCUT2D eigenvalue weighted by molar-refractivity contribution is 0.118. The number of ether oxygens (including phenoxy) is 1. The number of amides is 2. The molecule has 0 saturated carbocycles. The fourth-order valence-electron chi connectivity index (χ4n) is 3.71. The molecule has 1 aromatic heterocycles. The largest absolute Gasteiger partial charge is 0.454 e. The monoisotopic (exact) mass is 399 g/mol. The van der Waals surface area contributed by atoms with Crippen molar-refractivity contribution in [3.63, 3.8) is 0 Å². The number of nitrogens with zero attached hydrogens (tertiary/aromatic N) is 3. The Kier molecular flexibility index (Phi) is 5.80. The molecular weight excluding hydrogens is 373 g/mol. The van der Waals surface area contributed by atoms with Crippen LogP contribution in [-0.4, -0.2) is 53.5 Å².